The van der Waals surface area contributed by atoms with Gasteiger partial charge in [-0.15, -0.1) is 0 Å². The lowest BCUT2D eigenvalue weighted by Crippen LogP contribution is -2.47. The van der Waals surface area contributed by atoms with Crippen molar-refractivity contribution in [1.82, 2.24) is 15.0 Å². The van der Waals surface area contributed by atoms with Crippen molar-refractivity contribution in [2.24, 2.45) is 11.8 Å². The molecule has 0 N–H and O–H groups in total. The van der Waals surface area contributed by atoms with Gasteiger partial charge in [0.25, 0.3) is 0 Å². The summed E-state index contributed by atoms with van der Waals surface area (Å²) < 4.78 is 15.2. The van der Waals surface area contributed by atoms with Crippen molar-refractivity contribution in [1.29, 1.82) is 5.26 Å². The minimum Gasteiger partial charge on any atom is -0.293 e. The van der Waals surface area contributed by atoms with Crippen LogP contribution in [-0.2, 0) is 16.6 Å². The van der Waals surface area contributed by atoms with E-state index in [0.29, 0.717) is 23.5 Å². The first kappa shape index (κ1) is 24.1. The fourth-order valence-electron chi connectivity index (χ4n) is 6.51. The Kier molecular flexibility index (Phi) is 5.87. The first-order chi connectivity index (χ1) is 18.5. The number of pyridine rings is 1. The van der Waals surface area contributed by atoms with E-state index in [1.54, 1.807) is 18.3 Å². The van der Waals surface area contributed by atoms with E-state index in [2.05, 4.69) is 24.9 Å². The largest absolute Gasteiger partial charge is 0.293 e. The molecule has 2 aromatic heterocycles. The molecular weight excluding hydrogens is 475 g/mol. The molecule has 4 aromatic rings. The molecule has 0 amide bonds. The third kappa shape index (κ3) is 3.65. The number of fused-ring (bicyclic) bond motifs is 4. The molecule has 0 saturated carbocycles. The van der Waals surface area contributed by atoms with E-state index in [1.165, 1.54) is 6.07 Å². The average Bonchev–Trinajstić information content (AvgIpc) is 2.94. The number of nitrogens with zero attached hydrogens (tertiary/aromatic N) is 4. The fourth-order valence-corrected chi connectivity index (χ4v) is 6.51. The molecular formula is C32H27FN4O. The van der Waals surface area contributed by atoms with Gasteiger partial charge in [-0.2, -0.15) is 5.26 Å². The molecule has 6 rings (SSSR count). The summed E-state index contributed by atoms with van der Waals surface area (Å²) in [7, 11) is 0. The van der Waals surface area contributed by atoms with Crippen molar-refractivity contribution < 1.29 is 9.18 Å². The summed E-state index contributed by atoms with van der Waals surface area (Å²) in [6.07, 6.45) is 6.53. The number of Topliss-reactive ketones (excluding diaryl/α,β-unsaturated/α-hetero) is 1. The van der Waals surface area contributed by atoms with Crippen molar-refractivity contribution in [3.8, 4) is 28.7 Å². The number of carbonyl (C=O) groups excluding carboxylic acids is 1. The van der Waals surface area contributed by atoms with Crippen LogP contribution in [0.25, 0.3) is 33.5 Å². The highest BCUT2D eigenvalue weighted by molar-refractivity contribution is 6.02. The SMILES string of the molecule is CCC[C@H]1C(=O)C(C#N)=C[C@@]2(C)c3nc(-c4cccc5ncccc45)nc(-c4ccccc4F)c3CC[C@H]12. The summed E-state index contributed by atoms with van der Waals surface area (Å²) in [5, 5.41) is 10.8. The molecule has 0 saturated heterocycles. The van der Waals surface area contributed by atoms with E-state index in [9.17, 15) is 10.1 Å². The predicted octanol–water partition coefficient (Wildman–Crippen LogP) is 6.77. The van der Waals surface area contributed by atoms with Gasteiger partial charge in [-0.25, -0.2) is 14.4 Å². The number of hydrogen-bond acceptors (Lipinski definition) is 5. The van der Waals surface area contributed by atoms with Crippen LogP contribution < -0.4 is 0 Å². The van der Waals surface area contributed by atoms with E-state index in [4.69, 9.17) is 9.97 Å². The van der Waals surface area contributed by atoms with Crippen molar-refractivity contribution in [2.75, 3.05) is 0 Å². The molecule has 2 aliphatic carbocycles. The lowest BCUT2D eigenvalue weighted by atomic mass is 9.56. The lowest BCUT2D eigenvalue weighted by molar-refractivity contribution is -0.122. The molecule has 188 valence electrons. The van der Waals surface area contributed by atoms with Crippen LogP contribution in [0.4, 0.5) is 4.39 Å². The predicted molar refractivity (Wildman–Crippen MR) is 144 cm³/mol. The lowest BCUT2D eigenvalue weighted by Gasteiger charge is -2.46. The highest BCUT2D eigenvalue weighted by atomic mass is 19.1. The molecule has 6 heteroatoms. The number of ketones is 1. The van der Waals surface area contributed by atoms with Gasteiger partial charge >= 0.3 is 0 Å². The number of rotatable bonds is 4. The molecule has 0 radical (unpaired) electrons. The van der Waals surface area contributed by atoms with Crippen LogP contribution in [0.15, 0.2) is 72.4 Å². The van der Waals surface area contributed by atoms with E-state index in [-0.39, 0.29) is 29.0 Å². The summed E-state index contributed by atoms with van der Waals surface area (Å²) in [5.41, 5.74) is 3.82. The number of nitriles is 1. The standard InChI is InChI=1S/C32H27FN4O/c1-3-8-22-25-15-14-24-28(23-9-4-5-12-26(23)33)36-31(21-10-6-13-27-20(21)11-7-16-35-27)37-30(24)32(25,2)17-19(18-34)29(22)38/h4-7,9-13,16-17,22,25H,3,8,14-15H2,1-2H3/t22-,25-,32-/m1/s1. The maximum absolute atomic E-state index is 15.2. The topological polar surface area (TPSA) is 79.5 Å². The maximum atomic E-state index is 15.2. The highest BCUT2D eigenvalue weighted by Gasteiger charge is 2.51. The van der Waals surface area contributed by atoms with Crippen LogP contribution in [-0.4, -0.2) is 20.7 Å². The zero-order valence-electron chi connectivity index (χ0n) is 21.4. The first-order valence-electron chi connectivity index (χ1n) is 13.1. The molecule has 0 aliphatic heterocycles. The Bertz CT molecular complexity index is 1660. The Morgan fingerprint density at radius 2 is 1.89 bits per heavy atom. The molecule has 38 heavy (non-hydrogen) atoms. The van der Waals surface area contributed by atoms with E-state index < -0.39 is 5.41 Å². The molecule has 0 spiro atoms. The van der Waals surface area contributed by atoms with Crippen LogP contribution in [0.5, 0.6) is 0 Å². The van der Waals surface area contributed by atoms with E-state index >= 15 is 4.39 Å². The number of benzene rings is 2. The monoisotopic (exact) mass is 502 g/mol. The van der Waals surface area contributed by atoms with Crippen molar-refractivity contribution in [2.45, 2.75) is 44.9 Å². The second-order valence-corrected chi connectivity index (χ2v) is 10.4. The molecule has 0 bridgehead atoms. The van der Waals surface area contributed by atoms with Gasteiger partial charge in [0.15, 0.2) is 11.6 Å². The third-order valence-corrected chi connectivity index (χ3v) is 8.26. The normalized spacial score (nSPS) is 22.4. The molecule has 0 fully saturated rings. The number of hydrogen-bond donors (Lipinski definition) is 0. The summed E-state index contributed by atoms with van der Waals surface area (Å²) >= 11 is 0. The third-order valence-electron chi connectivity index (χ3n) is 8.26. The maximum Gasteiger partial charge on any atom is 0.176 e. The second-order valence-electron chi connectivity index (χ2n) is 10.4. The Morgan fingerprint density at radius 1 is 1.08 bits per heavy atom. The highest BCUT2D eigenvalue weighted by Crippen LogP contribution is 2.52. The van der Waals surface area contributed by atoms with Gasteiger partial charge in [0.2, 0.25) is 0 Å². The molecule has 5 nitrogen and oxygen atoms in total. The second kappa shape index (κ2) is 9.25. The molecule has 2 heterocycles. The number of carbonyl (C=O) groups is 1. The molecule has 2 aromatic carbocycles. The van der Waals surface area contributed by atoms with Gasteiger partial charge in [-0.05, 0) is 49.4 Å². The molecule has 2 aliphatic rings. The van der Waals surface area contributed by atoms with Crippen LogP contribution in [0.3, 0.4) is 0 Å². The molecule has 0 unspecified atom stereocenters. The summed E-state index contributed by atoms with van der Waals surface area (Å²) in [5.74, 6) is -0.163. The van der Waals surface area contributed by atoms with Gasteiger partial charge in [0.05, 0.1) is 22.5 Å². The Balaban J connectivity index is 1.68. The van der Waals surface area contributed by atoms with Crippen LogP contribution in [0.1, 0.15) is 44.4 Å². The van der Waals surface area contributed by atoms with Crippen LogP contribution >= 0.6 is 0 Å². The van der Waals surface area contributed by atoms with E-state index in [1.807, 2.05) is 42.5 Å². The van der Waals surface area contributed by atoms with E-state index in [0.717, 1.165) is 47.0 Å². The van der Waals surface area contributed by atoms with Gasteiger partial charge in [0, 0.05) is 39.6 Å². The van der Waals surface area contributed by atoms with Crippen molar-refractivity contribution in [3.63, 3.8) is 0 Å². The molecule has 3 atom stereocenters. The van der Waals surface area contributed by atoms with Gasteiger partial charge in [0.1, 0.15) is 11.9 Å². The van der Waals surface area contributed by atoms with Gasteiger partial charge < -0.3 is 0 Å². The smallest absolute Gasteiger partial charge is 0.176 e. The average molecular weight is 503 g/mol. The zero-order chi connectivity index (χ0) is 26.4. The summed E-state index contributed by atoms with van der Waals surface area (Å²) in [6.45, 7) is 4.14. The number of halogens is 1. The van der Waals surface area contributed by atoms with Gasteiger partial charge in [-0.1, -0.05) is 56.7 Å². The first-order valence-corrected chi connectivity index (χ1v) is 13.1. The summed E-state index contributed by atoms with van der Waals surface area (Å²) in [4.78, 5) is 27.9. The Hall–Kier alpha value is -4.24. The van der Waals surface area contributed by atoms with Crippen LogP contribution in [0.2, 0.25) is 0 Å². The summed E-state index contributed by atoms with van der Waals surface area (Å²) in [6, 6.07) is 18.5. The Labute approximate surface area is 221 Å². The van der Waals surface area contributed by atoms with Crippen molar-refractivity contribution in [3.05, 3.63) is 89.5 Å². The Morgan fingerprint density at radius 3 is 2.68 bits per heavy atom. The van der Waals surface area contributed by atoms with Crippen LogP contribution in [0, 0.1) is 29.0 Å². The minimum atomic E-state index is -0.660. The number of aromatic nitrogens is 3. The van der Waals surface area contributed by atoms with Crippen molar-refractivity contribution >= 4 is 16.7 Å². The quantitative estimate of drug-likeness (QED) is 0.308. The minimum absolute atomic E-state index is 0.00459. The number of allylic oxidation sites excluding steroid dienone is 2. The fraction of sp³-hybridized carbons (Fsp3) is 0.281. The zero-order valence-corrected chi connectivity index (χ0v) is 21.4. The van der Waals surface area contributed by atoms with Gasteiger partial charge in [-0.3, -0.25) is 9.78 Å².